The summed E-state index contributed by atoms with van der Waals surface area (Å²) >= 11 is 12.3. The number of hydrogen-bond acceptors (Lipinski definition) is 3. The summed E-state index contributed by atoms with van der Waals surface area (Å²) in [6.07, 6.45) is 3.59. The van der Waals surface area contributed by atoms with Gasteiger partial charge in [-0.1, -0.05) is 66.4 Å². The van der Waals surface area contributed by atoms with Crippen LogP contribution in [0.3, 0.4) is 0 Å². The molecular weight excluding hydrogens is 407 g/mol. The molecule has 0 atom stereocenters. The third-order valence-corrected chi connectivity index (χ3v) is 6.83. The lowest BCUT2D eigenvalue weighted by molar-refractivity contribution is 0.0951. The molecule has 0 bridgehead atoms. The van der Waals surface area contributed by atoms with E-state index in [9.17, 15) is 13.2 Å². The van der Waals surface area contributed by atoms with Gasteiger partial charge in [-0.25, -0.2) is 13.1 Å². The first kappa shape index (κ1) is 20.1. The molecule has 0 saturated heterocycles. The lowest BCUT2D eigenvalue weighted by atomic mass is 10.2. The maximum atomic E-state index is 12.7. The molecular formula is C19H20Cl2N2O3S. The minimum atomic E-state index is -3.83. The topological polar surface area (TPSA) is 75.3 Å². The summed E-state index contributed by atoms with van der Waals surface area (Å²) in [5.74, 6) is -0.460. The van der Waals surface area contributed by atoms with Crippen LogP contribution in [-0.2, 0) is 16.6 Å². The normalized spacial score (nSPS) is 15.0. The molecule has 0 spiro atoms. The van der Waals surface area contributed by atoms with Crippen molar-refractivity contribution in [3.8, 4) is 0 Å². The highest BCUT2D eigenvalue weighted by atomic mass is 35.5. The number of carbonyl (C=O) groups is 1. The fourth-order valence-corrected chi connectivity index (χ4v) is 5.27. The Labute approximate surface area is 169 Å². The molecule has 8 heteroatoms. The minimum absolute atomic E-state index is 0.00916. The van der Waals surface area contributed by atoms with Gasteiger partial charge in [0.15, 0.2) is 0 Å². The number of sulfonamides is 1. The van der Waals surface area contributed by atoms with Gasteiger partial charge in [0.2, 0.25) is 10.0 Å². The van der Waals surface area contributed by atoms with Gasteiger partial charge >= 0.3 is 0 Å². The third kappa shape index (κ3) is 5.02. The van der Waals surface area contributed by atoms with Crippen molar-refractivity contribution in [2.45, 2.75) is 43.2 Å². The summed E-state index contributed by atoms with van der Waals surface area (Å²) in [5.41, 5.74) is 0.996. The summed E-state index contributed by atoms with van der Waals surface area (Å²) < 4.78 is 28.1. The van der Waals surface area contributed by atoms with E-state index in [2.05, 4.69) is 10.0 Å². The smallest absolute Gasteiger partial charge is 0.253 e. The third-order valence-electron chi connectivity index (χ3n) is 4.53. The number of benzene rings is 2. The standard InChI is InChI=1S/C19H20Cl2N2O3S/c20-16-11-17(21)18(27(25,26)23-14-8-4-5-9-14)10-15(16)19(24)22-12-13-6-2-1-3-7-13/h1-3,6-7,10-11,14,23H,4-5,8-9,12H2,(H,22,24). The van der Waals surface area contributed by atoms with Gasteiger partial charge in [0.05, 0.1) is 15.6 Å². The maximum absolute atomic E-state index is 12.7. The molecule has 0 radical (unpaired) electrons. The van der Waals surface area contributed by atoms with E-state index < -0.39 is 15.9 Å². The molecule has 144 valence electrons. The van der Waals surface area contributed by atoms with E-state index in [1.165, 1.54) is 12.1 Å². The average Bonchev–Trinajstić information content (AvgIpc) is 3.12. The van der Waals surface area contributed by atoms with Crippen molar-refractivity contribution in [3.05, 3.63) is 63.6 Å². The van der Waals surface area contributed by atoms with Crippen molar-refractivity contribution in [1.29, 1.82) is 0 Å². The van der Waals surface area contributed by atoms with Crippen LogP contribution in [0.4, 0.5) is 0 Å². The van der Waals surface area contributed by atoms with Crippen LogP contribution in [-0.4, -0.2) is 20.4 Å². The quantitative estimate of drug-likeness (QED) is 0.728. The van der Waals surface area contributed by atoms with Crippen molar-refractivity contribution in [2.24, 2.45) is 0 Å². The van der Waals surface area contributed by atoms with Gasteiger partial charge in [0.25, 0.3) is 5.91 Å². The van der Waals surface area contributed by atoms with Crippen molar-refractivity contribution in [1.82, 2.24) is 10.0 Å². The molecule has 2 aromatic carbocycles. The molecule has 0 heterocycles. The van der Waals surface area contributed by atoms with Gasteiger partial charge in [0, 0.05) is 12.6 Å². The van der Waals surface area contributed by atoms with Crippen LogP contribution >= 0.6 is 23.2 Å². The van der Waals surface area contributed by atoms with E-state index in [0.29, 0.717) is 6.54 Å². The molecule has 1 saturated carbocycles. The van der Waals surface area contributed by atoms with Crippen molar-refractivity contribution >= 4 is 39.1 Å². The maximum Gasteiger partial charge on any atom is 0.253 e. The Bertz CT molecular complexity index is 927. The van der Waals surface area contributed by atoms with Crippen LogP contribution in [0.15, 0.2) is 47.4 Å². The second-order valence-electron chi connectivity index (χ2n) is 6.53. The fraction of sp³-hybridized carbons (Fsp3) is 0.316. The SMILES string of the molecule is O=C(NCc1ccccc1)c1cc(S(=O)(=O)NC2CCCC2)c(Cl)cc1Cl. The average molecular weight is 427 g/mol. The van der Waals surface area contributed by atoms with Crippen molar-refractivity contribution in [2.75, 3.05) is 0 Å². The van der Waals surface area contributed by atoms with Crippen molar-refractivity contribution < 1.29 is 13.2 Å². The lowest BCUT2D eigenvalue weighted by Gasteiger charge is -2.15. The van der Waals surface area contributed by atoms with Crippen molar-refractivity contribution in [3.63, 3.8) is 0 Å². The van der Waals surface area contributed by atoms with Crippen LogP contribution in [0.25, 0.3) is 0 Å². The Kier molecular flexibility index (Phi) is 6.42. The predicted molar refractivity (Wildman–Crippen MR) is 107 cm³/mol. The van der Waals surface area contributed by atoms with Crippen LogP contribution in [0.1, 0.15) is 41.6 Å². The highest BCUT2D eigenvalue weighted by Gasteiger charge is 2.26. The molecule has 1 amide bonds. The molecule has 1 aliphatic carbocycles. The number of rotatable bonds is 6. The van der Waals surface area contributed by atoms with Gasteiger partial charge in [-0.05, 0) is 30.5 Å². The van der Waals surface area contributed by atoms with Crippen LogP contribution in [0, 0.1) is 0 Å². The van der Waals surface area contributed by atoms with Gasteiger partial charge in [-0.15, -0.1) is 0 Å². The van der Waals surface area contributed by atoms with E-state index in [-0.39, 0.29) is 26.5 Å². The fourth-order valence-electron chi connectivity index (χ4n) is 3.11. The Morgan fingerprint density at radius 3 is 2.37 bits per heavy atom. The Balaban J connectivity index is 1.81. The minimum Gasteiger partial charge on any atom is -0.348 e. The first-order valence-corrected chi connectivity index (χ1v) is 10.9. The summed E-state index contributed by atoms with van der Waals surface area (Å²) in [5, 5.41) is 2.84. The van der Waals surface area contributed by atoms with Gasteiger partial charge < -0.3 is 5.32 Å². The van der Waals surface area contributed by atoms with Gasteiger partial charge in [-0.2, -0.15) is 0 Å². The zero-order valence-corrected chi connectivity index (χ0v) is 16.9. The Morgan fingerprint density at radius 1 is 1.04 bits per heavy atom. The molecule has 2 aromatic rings. The van der Waals surface area contributed by atoms with E-state index in [1.807, 2.05) is 30.3 Å². The molecule has 5 nitrogen and oxygen atoms in total. The molecule has 0 aliphatic heterocycles. The zero-order chi connectivity index (χ0) is 19.4. The molecule has 3 rings (SSSR count). The first-order chi connectivity index (χ1) is 12.9. The summed E-state index contributed by atoms with van der Waals surface area (Å²) in [4.78, 5) is 12.4. The number of amides is 1. The lowest BCUT2D eigenvalue weighted by Crippen LogP contribution is -2.33. The summed E-state index contributed by atoms with van der Waals surface area (Å²) in [6, 6.07) is 11.8. The highest BCUT2D eigenvalue weighted by molar-refractivity contribution is 7.89. The van der Waals surface area contributed by atoms with Gasteiger partial charge in [0.1, 0.15) is 4.90 Å². The van der Waals surface area contributed by atoms with E-state index in [1.54, 1.807) is 0 Å². The summed E-state index contributed by atoms with van der Waals surface area (Å²) in [6.45, 7) is 0.307. The Morgan fingerprint density at radius 2 is 1.70 bits per heavy atom. The zero-order valence-electron chi connectivity index (χ0n) is 14.5. The predicted octanol–water partition coefficient (Wildman–Crippen LogP) is 4.14. The highest BCUT2D eigenvalue weighted by Crippen LogP contribution is 2.30. The number of halogens is 2. The molecule has 2 N–H and O–H groups in total. The molecule has 1 aliphatic rings. The van der Waals surface area contributed by atoms with E-state index in [0.717, 1.165) is 31.2 Å². The molecule has 0 aromatic heterocycles. The largest absolute Gasteiger partial charge is 0.348 e. The van der Waals surface area contributed by atoms with Crippen LogP contribution in [0.5, 0.6) is 0 Å². The van der Waals surface area contributed by atoms with E-state index >= 15 is 0 Å². The second kappa shape index (κ2) is 8.61. The van der Waals surface area contributed by atoms with E-state index in [4.69, 9.17) is 23.2 Å². The summed E-state index contributed by atoms with van der Waals surface area (Å²) in [7, 11) is -3.83. The number of hydrogen-bond donors (Lipinski definition) is 2. The van der Waals surface area contributed by atoms with Crippen LogP contribution in [0.2, 0.25) is 10.0 Å². The molecule has 27 heavy (non-hydrogen) atoms. The first-order valence-electron chi connectivity index (χ1n) is 8.70. The monoisotopic (exact) mass is 426 g/mol. The number of carbonyl (C=O) groups excluding carboxylic acids is 1. The second-order valence-corrected chi connectivity index (χ2v) is 9.03. The number of nitrogens with one attached hydrogen (secondary N) is 2. The molecule has 1 fully saturated rings. The molecule has 0 unspecified atom stereocenters. The Hall–Kier alpha value is -1.60. The van der Waals surface area contributed by atoms with Gasteiger partial charge in [-0.3, -0.25) is 4.79 Å². The van der Waals surface area contributed by atoms with Crippen LogP contribution < -0.4 is 10.0 Å².